The van der Waals surface area contributed by atoms with E-state index in [2.05, 4.69) is 10.4 Å². The number of benzene rings is 2. The third kappa shape index (κ3) is 6.35. The van der Waals surface area contributed by atoms with E-state index in [0.717, 1.165) is 42.8 Å². The summed E-state index contributed by atoms with van der Waals surface area (Å²) in [7, 11) is 0. The van der Waals surface area contributed by atoms with Crippen molar-refractivity contribution in [3.63, 3.8) is 0 Å². The number of alkyl carbamates (subject to hydrolysis) is 1. The highest BCUT2D eigenvalue weighted by Crippen LogP contribution is 2.22. The molecule has 172 valence electrons. The van der Waals surface area contributed by atoms with Crippen LogP contribution in [0.25, 0.3) is 11.3 Å². The van der Waals surface area contributed by atoms with Gasteiger partial charge >= 0.3 is 6.09 Å². The minimum atomic E-state index is -0.477. The van der Waals surface area contributed by atoms with Crippen molar-refractivity contribution in [3.8, 4) is 17.0 Å². The van der Waals surface area contributed by atoms with Gasteiger partial charge in [-0.15, -0.1) is 0 Å². The summed E-state index contributed by atoms with van der Waals surface area (Å²) in [5.74, 6) is 0.796. The van der Waals surface area contributed by atoms with Crippen LogP contribution in [0.1, 0.15) is 18.4 Å². The van der Waals surface area contributed by atoms with Gasteiger partial charge < -0.3 is 19.7 Å². The third-order valence-corrected chi connectivity index (χ3v) is 5.46. The number of aromatic nitrogens is 2. The predicted octanol–water partition coefficient (Wildman–Crippen LogP) is 3.48. The summed E-state index contributed by atoms with van der Waals surface area (Å²) in [6.07, 6.45) is 3.38. The van der Waals surface area contributed by atoms with Crippen LogP contribution in [0.2, 0.25) is 0 Å². The van der Waals surface area contributed by atoms with Crippen LogP contribution in [0.4, 0.5) is 4.79 Å². The predicted molar refractivity (Wildman–Crippen MR) is 124 cm³/mol. The first kappa shape index (κ1) is 22.4. The molecule has 1 fully saturated rings. The molecule has 2 amide bonds. The second-order valence-electron chi connectivity index (χ2n) is 7.82. The first-order valence-electron chi connectivity index (χ1n) is 11.2. The second kappa shape index (κ2) is 11.2. The third-order valence-electron chi connectivity index (χ3n) is 5.46. The van der Waals surface area contributed by atoms with Crippen LogP contribution in [0.15, 0.2) is 66.9 Å². The summed E-state index contributed by atoms with van der Waals surface area (Å²) in [5.41, 5.74) is 2.78. The van der Waals surface area contributed by atoms with Gasteiger partial charge in [-0.25, -0.2) is 4.79 Å². The molecule has 8 heteroatoms. The van der Waals surface area contributed by atoms with Gasteiger partial charge in [-0.1, -0.05) is 30.3 Å². The molecule has 33 heavy (non-hydrogen) atoms. The van der Waals surface area contributed by atoms with E-state index >= 15 is 0 Å². The number of nitrogens with zero attached hydrogens (tertiary/aromatic N) is 3. The van der Waals surface area contributed by atoms with E-state index < -0.39 is 6.09 Å². The molecule has 2 aromatic carbocycles. The fraction of sp³-hybridized carbons (Fsp3) is 0.320. The summed E-state index contributed by atoms with van der Waals surface area (Å²) in [6, 6.07) is 19.0. The number of rotatable bonds is 9. The number of hydrogen-bond donors (Lipinski definition) is 1. The molecule has 0 aliphatic carbocycles. The smallest absolute Gasteiger partial charge is 0.407 e. The lowest BCUT2D eigenvalue weighted by Crippen LogP contribution is -2.31. The fourth-order valence-corrected chi connectivity index (χ4v) is 3.72. The summed E-state index contributed by atoms with van der Waals surface area (Å²) in [4.78, 5) is 26.1. The van der Waals surface area contributed by atoms with E-state index in [0.29, 0.717) is 18.9 Å². The average Bonchev–Trinajstić information content (AvgIpc) is 3.54. The molecule has 1 aliphatic heterocycles. The topological polar surface area (TPSA) is 85.7 Å². The van der Waals surface area contributed by atoms with Gasteiger partial charge in [0.2, 0.25) is 5.91 Å². The molecule has 0 saturated carbocycles. The molecule has 1 aromatic heterocycles. The van der Waals surface area contributed by atoms with Crippen LogP contribution < -0.4 is 10.1 Å². The van der Waals surface area contributed by atoms with Gasteiger partial charge in [0.15, 0.2) is 0 Å². The zero-order valence-electron chi connectivity index (χ0n) is 18.5. The van der Waals surface area contributed by atoms with Crippen molar-refractivity contribution in [2.24, 2.45) is 0 Å². The quantitative estimate of drug-likeness (QED) is 0.507. The number of hydrogen-bond acceptors (Lipinski definition) is 5. The van der Waals surface area contributed by atoms with Crippen LogP contribution in [-0.4, -0.2) is 52.9 Å². The van der Waals surface area contributed by atoms with Crippen molar-refractivity contribution in [2.75, 3.05) is 26.2 Å². The number of carbonyl (C=O) groups is 2. The van der Waals surface area contributed by atoms with Gasteiger partial charge in [0.1, 0.15) is 25.5 Å². The molecule has 3 aromatic rings. The first-order chi connectivity index (χ1) is 16.2. The Hall–Kier alpha value is -3.81. The van der Waals surface area contributed by atoms with E-state index in [4.69, 9.17) is 9.47 Å². The van der Waals surface area contributed by atoms with Crippen LogP contribution in [0.3, 0.4) is 0 Å². The van der Waals surface area contributed by atoms with Gasteiger partial charge in [-0.3, -0.25) is 9.48 Å². The molecule has 0 unspecified atom stereocenters. The summed E-state index contributed by atoms with van der Waals surface area (Å²) >= 11 is 0. The highest BCUT2D eigenvalue weighted by Gasteiger charge is 2.19. The normalized spacial score (nSPS) is 13.0. The molecule has 1 N–H and O–H groups in total. The average molecular weight is 449 g/mol. The zero-order chi connectivity index (χ0) is 22.9. The molecule has 8 nitrogen and oxygen atoms in total. The Bertz CT molecular complexity index is 1040. The molecular formula is C25H28N4O4. The maximum atomic E-state index is 12.5. The number of likely N-dealkylation sites (tertiary alicyclic amines) is 1. The lowest BCUT2D eigenvalue weighted by molar-refractivity contribution is -0.130. The number of ether oxygens (including phenoxy) is 2. The lowest BCUT2D eigenvalue weighted by Gasteiger charge is -2.16. The first-order valence-corrected chi connectivity index (χ1v) is 11.2. The number of carbonyl (C=O) groups excluding carboxylic acids is 2. The van der Waals surface area contributed by atoms with Crippen LogP contribution in [0, 0.1) is 0 Å². The summed E-state index contributed by atoms with van der Waals surface area (Å²) in [6.45, 7) is 2.80. The largest absolute Gasteiger partial charge is 0.492 e. The van der Waals surface area contributed by atoms with Crippen molar-refractivity contribution in [3.05, 3.63) is 72.4 Å². The Balaban J connectivity index is 1.21. The van der Waals surface area contributed by atoms with Crippen molar-refractivity contribution >= 4 is 12.0 Å². The molecule has 1 saturated heterocycles. The van der Waals surface area contributed by atoms with E-state index in [9.17, 15) is 9.59 Å². The van der Waals surface area contributed by atoms with Crippen molar-refractivity contribution < 1.29 is 19.1 Å². The molecule has 1 aliphatic rings. The molecule has 4 rings (SSSR count). The standard InChI is InChI=1S/C25H28N4O4/c30-24(28-15-4-5-16-28)18-29-23(12-13-27-29)21-8-10-22(11-9-21)32-17-14-26-25(31)33-19-20-6-2-1-3-7-20/h1-3,6-13H,4-5,14-19H2,(H,26,31). The molecule has 0 radical (unpaired) electrons. The monoisotopic (exact) mass is 448 g/mol. The number of amides is 2. The van der Waals surface area contributed by atoms with Gasteiger partial charge in [0, 0.05) is 24.8 Å². The van der Waals surface area contributed by atoms with E-state index in [1.807, 2.05) is 65.6 Å². The minimum absolute atomic E-state index is 0.104. The van der Waals surface area contributed by atoms with Gasteiger partial charge in [-0.05, 0) is 48.7 Å². The Morgan fingerprint density at radius 2 is 1.73 bits per heavy atom. The molecular weight excluding hydrogens is 420 g/mol. The maximum Gasteiger partial charge on any atom is 0.407 e. The van der Waals surface area contributed by atoms with E-state index in [-0.39, 0.29) is 19.1 Å². The zero-order valence-corrected chi connectivity index (χ0v) is 18.5. The Kier molecular flexibility index (Phi) is 7.58. The number of nitrogens with one attached hydrogen (secondary N) is 1. The fourth-order valence-electron chi connectivity index (χ4n) is 3.72. The molecule has 0 spiro atoms. The van der Waals surface area contributed by atoms with Crippen molar-refractivity contribution in [1.82, 2.24) is 20.0 Å². The highest BCUT2D eigenvalue weighted by molar-refractivity contribution is 5.77. The van der Waals surface area contributed by atoms with Crippen LogP contribution >= 0.6 is 0 Å². The Morgan fingerprint density at radius 1 is 0.970 bits per heavy atom. The second-order valence-corrected chi connectivity index (χ2v) is 7.82. The SMILES string of the molecule is O=C(NCCOc1ccc(-c2ccnn2CC(=O)N2CCCC2)cc1)OCc1ccccc1. The van der Waals surface area contributed by atoms with Crippen molar-refractivity contribution in [1.29, 1.82) is 0 Å². The Labute approximate surface area is 193 Å². The Morgan fingerprint density at radius 3 is 2.48 bits per heavy atom. The highest BCUT2D eigenvalue weighted by atomic mass is 16.5. The molecule has 2 heterocycles. The lowest BCUT2D eigenvalue weighted by atomic mass is 10.1. The van der Waals surface area contributed by atoms with E-state index in [1.165, 1.54) is 0 Å². The minimum Gasteiger partial charge on any atom is -0.492 e. The van der Waals surface area contributed by atoms with E-state index in [1.54, 1.807) is 10.9 Å². The maximum absolute atomic E-state index is 12.5. The van der Waals surface area contributed by atoms with Crippen LogP contribution in [0.5, 0.6) is 5.75 Å². The summed E-state index contributed by atoms with van der Waals surface area (Å²) < 4.78 is 12.6. The van der Waals surface area contributed by atoms with Gasteiger partial charge in [-0.2, -0.15) is 5.10 Å². The molecule has 0 atom stereocenters. The van der Waals surface area contributed by atoms with Gasteiger partial charge in [0.05, 0.1) is 12.2 Å². The van der Waals surface area contributed by atoms with Crippen LogP contribution in [-0.2, 0) is 22.7 Å². The summed E-state index contributed by atoms with van der Waals surface area (Å²) in [5, 5.41) is 7.00. The van der Waals surface area contributed by atoms with Crippen molar-refractivity contribution in [2.45, 2.75) is 26.0 Å². The van der Waals surface area contributed by atoms with Gasteiger partial charge in [0.25, 0.3) is 0 Å². The molecule has 0 bridgehead atoms.